The number of hydrogen-bond acceptors (Lipinski definition) is 1. The number of halogens is 1. The van der Waals surface area contributed by atoms with Crippen LogP contribution in [0.3, 0.4) is 0 Å². The van der Waals surface area contributed by atoms with Crippen LogP contribution in [0.25, 0.3) is 0 Å². The van der Waals surface area contributed by atoms with Gasteiger partial charge in [0.1, 0.15) is 0 Å². The van der Waals surface area contributed by atoms with E-state index in [1.54, 1.807) is 0 Å². The first-order valence-electron chi connectivity index (χ1n) is 8.59. The molecule has 0 unspecified atom stereocenters. The quantitative estimate of drug-likeness (QED) is 0.267. The highest BCUT2D eigenvalue weighted by Gasteiger charge is 2.45. The third kappa shape index (κ3) is 6.34. The highest BCUT2D eigenvalue weighted by molar-refractivity contribution is 14.1. The summed E-state index contributed by atoms with van der Waals surface area (Å²) in [5.41, 5.74) is 2.05. The Morgan fingerprint density at radius 3 is 1.71 bits per heavy atom. The molecular weight excluding hydrogens is 387 g/mol. The molecule has 0 fully saturated rings. The van der Waals surface area contributed by atoms with Crippen LogP contribution in [0, 0.1) is 11.8 Å². The molecule has 0 aliphatic carbocycles. The first kappa shape index (κ1) is 21.6. The third-order valence-electron chi connectivity index (χ3n) is 5.15. The molecule has 0 aliphatic heterocycles. The molecule has 0 aromatic rings. The maximum absolute atomic E-state index is 6.72. The fourth-order valence-corrected chi connectivity index (χ4v) is 9.56. The second-order valence-corrected chi connectivity index (χ2v) is 13.7. The van der Waals surface area contributed by atoms with E-state index < -0.39 is 8.32 Å². The van der Waals surface area contributed by atoms with Crippen LogP contribution in [0.4, 0.5) is 0 Å². The zero-order valence-corrected chi connectivity index (χ0v) is 18.6. The summed E-state index contributed by atoms with van der Waals surface area (Å²) in [6, 6.07) is 0. The van der Waals surface area contributed by atoms with Crippen LogP contribution >= 0.6 is 22.6 Å². The molecule has 0 saturated carbocycles. The van der Waals surface area contributed by atoms with E-state index in [0.717, 1.165) is 12.5 Å². The van der Waals surface area contributed by atoms with E-state index in [1.807, 2.05) is 0 Å². The largest absolute Gasteiger partial charge is 0.416 e. The Bertz CT molecular complexity index is 278. The third-order valence-corrected chi connectivity index (χ3v) is 11.7. The minimum atomic E-state index is -1.69. The smallest absolute Gasteiger partial charge is 0.200 e. The van der Waals surface area contributed by atoms with Crippen molar-refractivity contribution in [1.29, 1.82) is 0 Å². The lowest BCUT2D eigenvalue weighted by molar-refractivity contribution is 0.188. The molecule has 21 heavy (non-hydrogen) atoms. The first-order chi connectivity index (χ1) is 9.70. The summed E-state index contributed by atoms with van der Waals surface area (Å²) in [5.74, 6) is 1.38. The molecule has 2 atom stereocenters. The van der Waals surface area contributed by atoms with Crippen molar-refractivity contribution in [3.8, 4) is 0 Å². The second-order valence-electron chi connectivity index (χ2n) is 7.52. The molecule has 0 spiro atoms. The van der Waals surface area contributed by atoms with Crippen LogP contribution in [-0.2, 0) is 4.43 Å². The molecule has 1 nitrogen and oxygen atoms in total. The van der Waals surface area contributed by atoms with Crippen molar-refractivity contribution in [1.82, 2.24) is 0 Å². The van der Waals surface area contributed by atoms with Crippen molar-refractivity contribution in [2.24, 2.45) is 11.8 Å². The van der Waals surface area contributed by atoms with Crippen molar-refractivity contribution in [2.45, 2.75) is 84.9 Å². The maximum atomic E-state index is 6.72. The van der Waals surface area contributed by atoms with Crippen LogP contribution in [0.15, 0.2) is 10.2 Å². The summed E-state index contributed by atoms with van der Waals surface area (Å²) >= 11 is 2.30. The molecule has 0 aliphatic rings. The van der Waals surface area contributed by atoms with E-state index >= 15 is 0 Å². The minimum absolute atomic E-state index is 0.649. The molecule has 0 heterocycles. The number of rotatable bonds is 10. The summed E-state index contributed by atoms with van der Waals surface area (Å²) in [7, 11) is -1.69. The molecule has 0 aromatic carbocycles. The molecule has 0 amide bonds. The van der Waals surface area contributed by atoms with Crippen molar-refractivity contribution in [3.05, 3.63) is 10.2 Å². The van der Waals surface area contributed by atoms with Gasteiger partial charge in [-0.3, -0.25) is 0 Å². The monoisotopic (exact) mass is 424 g/mol. The van der Waals surface area contributed by atoms with Crippen LogP contribution in [0.5, 0.6) is 0 Å². The van der Waals surface area contributed by atoms with Gasteiger partial charge in [0.15, 0.2) is 8.32 Å². The Morgan fingerprint density at radius 1 is 0.857 bits per heavy atom. The fourth-order valence-electron chi connectivity index (χ4n) is 3.65. The average Bonchev–Trinajstić information content (AvgIpc) is 2.37. The van der Waals surface area contributed by atoms with Gasteiger partial charge < -0.3 is 4.43 Å². The standard InChI is InChI=1S/C18H37IOSi/c1-14(2)21(15(3)4,16(5)6)20-13-18(8)17(7)11-9-10-12-19/h10,12,14-18H,9,11,13H2,1-8H3/b12-10+/t17-,18-/m1/s1. The van der Waals surface area contributed by atoms with Crippen molar-refractivity contribution < 1.29 is 4.43 Å². The van der Waals surface area contributed by atoms with Gasteiger partial charge in [0.05, 0.1) is 0 Å². The van der Waals surface area contributed by atoms with Gasteiger partial charge in [-0.25, -0.2) is 0 Å². The Kier molecular flexibility index (Phi) is 10.7. The summed E-state index contributed by atoms with van der Waals surface area (Å²) in [6.07, 6.45) is 4.72. The summed E-state index contributed by atoms with van der Waals surface area (Å²) in [4.78, 5) is 0. The van der Waals surface area contributed by atoms with Gasteiger partial charge in [0.25, 0.3) is 0 Å². The molecule has 0 aromatic heterocycles. The van der Waals surface area contributed by atoms with E-state index in [1.165, 1.54) is 12.8 Å². The normalized spacial score (nSPS) is 16.4. The van der Waals surface area contributed by atoms with Crippen molar-refractivity contribution >= 4 is 30.9 Å². The Morgan fingerprint density at radius 2 is 1.33 bits per heavy atom. The van der Waals surface area contributed by atoms with Gasteiger partial charge in [0, 0.05) is 6.61 Å². The zero-order valence-electron chi connectivity index (χ0n) is 15.4. The summed E-state index contributed by atoms with van der Waals surface area (Å²) in [5, 5.41) is 0. The number of hydrogen-bond donors (Lipinski definition) is 0. The molecule has 3 heteroatoms. The summed E-state index contributed by atoms with van der Waals surface area (Å²) < 4.78 is 8.85. The van der Waals surface area contributed by atoms with Crippen molar-refractivity contribution in [3.63, 3.8) is 0 Å². The van der Waals surface area contributed by atoms with Gasteiger partial charge in [-0.15, -0.1) is 0 Å². The zero-order chi connectivity index (χ0) is 16.6. The van der Waals surface area contributed by atoms with E-state index in [2.05, 4.69) is 88.1 Å². The Hall–Kier alpha value is 0.647. The fraction of sp³-hybridized carbons (Fsp3) is 0.889. The predicted octanol–water partition coefficient (Wildman–Crippen LogP) is 7.18. The Labute approximate surface area is 148 Å². The van der Waals surface area contributed by atoms with Gasteiger partial charge in [0.2, 0.25) is 0 Å². The van der Waals surface area contributed by atoms with E-state index in [4.69, 9.17) is 4.43 Å². The van der Waals surface area contributed by atoms with Crippen LogP contribution < -0.4 is 0 Å². The molecule has 0 bridgehead atoms. The molecule has 0 saturated heterocycles. The lowest BCUT2D eigenvalue weighted by atomic mass is 9.92. The van der Waals surface area contributed by atoms with E-state index in [9.17, 15) is 0 Å². The number of allylic oxidation sites excluding steroid dienone is 1. The molecular formula is C18H37IOSi. The van der Waals surface area contributed by atoms with Crippen LogP contribution in [0.2, 0.25) is 16.6 Å². The molecule has 126 valence electrons. The molecule has 0 radical (unpaired) electrons. The average molecular weight is 424 g/mol. The lowest BCUT2D eigenvalue weighted by Gasteiger charge is -2.43. The van der Waals surface area contributed by atoms with Gasteiger partial charge >= 0.3 is 0 Å². The van der Waals surface area contributed by atoms with E-state index in [0.29, 0.717) is 22.5 Å². The first-order valence-corrected chi connectivity index (χ1v) is 12.0. The van der Waals surface area contributed by atoms with Crippen molar-refractivity contribution in [2.75, 3.05) is 6.61 Å². The summed E-state index contributed by atoms with van der Waals surface area (Å²) in [6.45, 7) is 19.9. The van der Waals surface area contributed by atoms with Gasteiger partial charge in [-0.2, -0.15) is 0 Å². The molecule has 0 N–H and O–H groups in total. The topological polar surface area (TPSA) is 9.23 Å². The minimum Gasteiger partial charge on any atom is -0.416 e. The van der Waals surface area contributed by atoms with Crippen LogP contribution in [-0.4, -0.2) is 14.9 Å². The van der Waals surface area contributed by atoms with Gasteiger partial charge in [-0.05, 0) is 45.4 Å². The van der Waals surface area contributed by atoms with Crippen LogP contribution in [0.1, 0.15) is 68.2 Å². The van der Waals surface area contributed by atoms with Gasteiger partial charge in [-0.1, -0.05) is 84.1 Å². The highest BCUT2D eigenvalue weighted by Crippen LogP contribution is 2.42. The van der Waals surface area contributed by atoms with E-state index in [-0.39, 0.29) is 0 Å². The lowest BCUT2D eigenvalue weighted by Crippen LogP contribution is -2.48. The maximum Gasteiger partial charge on any atom is 0.200 e. The predicted molar refractivity (Wildman–Crippen MR) is 108 cm³/mol. The molecule has 0 rings (SSSR count). The Balaban J connectivity index is 4.68. The highest BCUT2D eigenvalue weighted by atomic mass is 127. The second kappa shape index (κ2) is 10.4. The SMILES string of the molecule is CC(C)[Si](OC[C@@H](C)[C@H](C)CC/C=C/I)(C(C)C)C(C)C.